The fraction of sp³-hybridized carbons (Fsp3) is 0.176. The third-order valence-electron chi connectivity index (χ3n) is 3.26. The van der Waals surface area contributed by atoms with Crippen molar-refractivity contribution in [2.45, 2.75) is 12.7 Å². The smallest absolute Gasteiger partial charge is 0.308 e. The molecule has 0 saturated heterocycles. The van der Waals surface area contributed by atoms with Gasteiger partial charge in [0.05, 0.1) is 5.75 Å². The highest BCUT2D eigenvalue weighted by Crippen LogP contribution is 2.17. The molecule has 0 bridgehead atoms. The van der Waals surface area contributed by atoms with E-state index in [-0.39, 0.29) is 17.0 Å². The second-order valence-electron chi connectivity index (χ2n) is 5.59. The maximum Gasteiger partial charge on any atom is 0.323 e. The van der Waals surface area contributed by atoms with E-state index in [1.54, 1.807) is 18.2 Å². The van der Waals surface area contributed by atoms with E-state index in [2.05, 4.69) is 10.6 Å². The Morgan fingerprint density at radius 2 is 1.68 bits per heavy atom. The predicted octanol–water partition coefficient (Wildman–Crippen LogP) is 3.22. The largest absolute Gasteiger partial charge is 0.323 e. The molecular formula is C17H17FN2O4S. The van der Waals surface area contributed by atoms with Gasteiger partial charge in [0.2, 0.25) is 0 Å². The summed E-state index contributed by atoms with van der Waals surface area (Å²) in [5.41, 5.74) is 1.07. The number of rotatable bonds is 5. The van der Waals surface area contributed by atoms with Crippen LogP contribution >= 0.6 is 0 Å². The molecule has 0 atom stereocenters. The number of carbonyl (C=O) groups is 2. The summed E-state index contributed by atoms with van der Waals surface area (Å²) >= 11 is 0. The number of anilines is 2. The van der Waals surface area contributed by atoms with Crippen LogP contribution in [-0.4, -0.2) is 26.5 Å². The molecule has 2 amide bonds. The van der Waals surface area contributed by atoms with Crippen LogP contribution in [0.1, 0.15) is 22.8 Å². The lowest BCUT2D eigenvalue weighted by molar-refractivity contribution is 0.101. The number of nitrogens with one attached hydrogen (secondary N) is 2. The molecule has 0 spiro atoms. The average Bonchev–Trinajstić information content (AvgIpc) is 2.49. The number of hydrogen-bond donors (Lipinski definition) is 2. The summed E-state index contributed by atoms with van der Waals surface area (Å²) in [6.45, 7) is 1.42. The summed E-state index contributed by atoms with van der Waals surface area (Å²) in [5.74, 6) is -1.27. The van der Waals surface area contributed by atoms with E-state index in [1.165, 1.54) is 25.1 Å². The summed E-state index contributed by atoms with van der Waals surface area (Å²) in [7, 11) is -3.35. The van der Waals surface area contributed by atoms with Crippen molar-refractivity contribution in [1.82, 2.24) is 0 Å². The van der Waals surface area contributed by atoms with E-state index in [0.29, 0.717) is 11.3 Å². The van der Waals surface area contributed by atoms with Crippen LogP contribution in [0.2, 0.25) is 0 Å². The van der Waals surface area contributed by atoms with Gasteiger partial charge in [-0.1, -0.05) is 18.2 Å². The molecule has 2 rings (SSSR count). The van der Waals surface area contributed by atoms with Crippen LogP contribution in [0.3, 0.4) is 0 Å². The Hall–Kier alpha value is -2.74. The van der Waals surface area contributed by atoms with Crippen LogP contribution in [0.25, 0.3) is 0 Å². The number of halogens is 1. The Labute approximate surface area is 145 Å². The molecular weight excluding hydrogens is 347 g/mol. The van der Waals surface area contributed by atoms with E-state index >= 15 is 0 Å². The minimum absolute atomic E-state index is 0.0302. The maximum atomic E-state index is 13.9. The van der Waals surface area contributed by atoms with Crippen LogP contribution in [0, 0.1) is 5.82 Å². The standard InChI is InChI=1S/C17H17FN2O4S/c1-11(21)12-4-3-5-14(8-12)19-17(22)20-15-7-6-13(16(18)9-15)10-25(2,23)24/h3-9H,10H2,1-2H3,(H2,19,20,22). The first-order valence-corrected chi connectivity index (χ1v) is 9.35. The molecule has 0 aliphatic heterocycles. The number of hydrogen-bond acceptors (Lipinski definition) is 4. The van der Waals surface area contributed by atoms with Gasteiger partial charge in [0, 0.05) is 28.8 Å². The zero-order valence-electron chi connectivity index (χ0n) is 13.7. The van der Waals surface area contributed by atoms with Crippen molar-refractivity contribution in [2.75, 3.05) is 16.9 Å². The second-order valence-corrected chi connectivity index (χ2v) is 7.73. The van der Waals surface area contributed by atoms with Gasteiger partial charge in [-0.25, -0.2) is 17.6 Å². The van der Waals surface area contributed by atoms with Gasteiger partial charge in [0.1, 0.15) is 5.82 Å². The molecule has 0 aliphatic rings. The Balaban J connectivity index is 2.07. The quantitative estimate of drug-likeness (QED) is 0.797. The third kappa shape index (κ3) is 5.68. The highest BCUT2D eigenvalue weighted by molar-refractivity contribution is 7.89. The molecule has 25 heavy (non-hydrogen) atoms. The topological polar surface area (TPSA) is 92.3 Å². The Bertz CT molecular complexity index is 926. The van der Waals surface area contributed by atoms with Crippen molar-refractivity contribution < 1.29 is 22.4 Å². The summed E-state index contributed by atoms with van der Waals surface area (Å²) in [6.07, 6.45) is 1.02. The molecule has 0 fully saturated rings. The Kier molecular flexibility index (Phi) is 5.53. The van der Waals surface area contributed by atoms with Crippen LogP contribution < -0.4 is 10.6 Å². The summed E-state index contributed by atoms with van der Waals surface area (Å²) in [4.78, 5) is 23.3. The molecule has 8 heteroatoms. The average molecular weight is 364 g/mol. The van der Waals surface area contributed by atoms with Crippen LogP contribution in [0.4, 0.5) is 20.6 Å². The predicted molar refractivity (Wildman–Crippen MR) is 94.0 cm³/mol. The number of Topliss-reactive ketones (excluding diaryl/α,β-unsaturated/α-hetero) is 1. The normalized spacial score (nSPS) is 11.0. The lowest BCUT2D eigenvalue weighted by atomic mass is 10.1. The maximum absolute atomic E-state index is 13.9. The zero-order valence-corrected chi connectivity index (χ0v) is 14.5. The molecule has 0 saturated carbocycles. The molecule has 0 aliphatic carbocycles. The van der Waals surface area contributed by atoms with E-state index in [0.717, 1.165) is 12.3 Å². The first kappa shape index (κ1) is 18.6. The van der Waals surface area contributed by atoms with Crippen molar-refractivity contribution in [3.8, 4) is 0 Å². The van der Waals surface area contributed by atoms with Crippen molar-refractivity contribution >= 4 is 33.0 Å². The van der Waals surface area contributed by atoms with Crippen molar-refractivity contribution in [1.29, 1.82) is 0 Å². The fourth-order valence-electron chi connectivity index (χ4n) is 2.13. The number of urea groups is 1. The Morgan fingerprint density at radius 3 is 2.24 bits per heavy atom. The first-order valence-electron chi connectivity index (χ1n) is 7.29. The molecule has 0 unspecified atom stereocenters. The molecule has 0 heterocycles. The molecule has 2 aromatic carbocycles. The van der Waals surface area contributed by atoms with Gasteiger partial charge in [-0.15, -0.1) is 0 Å². The van der Waals surface area contributed by atoms with E-state index in [4.69, 9.17) is 0 Å². The van der Waals surface area contributed by atoms with E-state index in [9.17, 15) is 22.4 Å². The van der Waals surface area contributed by atoms with Crippen molar-refractivity contribution in [3.05, 3.63) is 59.4 Å². The zero-order chi connectivity index (χ0) is 18.6. The van der Waals surface area contributed by atoms with Gasteiger partial charge in [0.25, 0.3) is 0 Å². The summed E-state index contributed by atoms with van der Waals surface area (Å²) in [6, 6.07) is 9.55. The molecule has 0 aromatic heterocycles. The van der Waals surface area contributed by atoms with Gasteiger partial charge in [-0.05, 0) is 31.2 Å². The number of sulfone groups is 1. The number of amides is 2. The van der Waals surface area contributed by atoms with Crippen LogP contribution in [0.5, 0.6) is 0 Å². The summed E-state index contributed by atoms with van der Waals surface area (Å²) < 4.78 is 36.4. The lowest BCUT2D eigenvalue weighted by Crippen LogP contribution is -2.19. The van der Waals surface area contributed by atoms with Gasteiger partial charge in [-0.2, -0.15) is 0 Å². The van der Waals surface area contributed by atoms with Gasteiger partial charge < -0.3 is 10.6 Å². The molecule has 132 valence electrons. The Morgan fingerprint density at radius 1 is 1.04 bits per heavy atom. The number of ketones is 1. The van der Waals surface area contributed by atoms with E-state index in [1.807, 2.05) is 0 Å². The van der Waals surface area contributed by atoms with E-state index < -0.39 is 27.4 Å². The number of carbonyl (C=O) groups excluding carboxylic acids is 2. The summed E-state index contributed by atoms with van der Waals surface area (Å²) in [5, 5.41) is 4.98. The number of benzene rings is 2. The minimum Gasteiger partial charge on any atom is -0.308 e. The monoisotopic (exact) mass is 364 g/mol. The molecule has 0 radical (unpaired) electrons. The molecule has 2 aromatic rings. The molecule has 2 N–H and O–H groups in total. The fourth-order valence-corrected chi connectivity index (χ4v) is 2.93. The van der Waals surface area contributed by atoms with Crippen molar-refractivity contribution in [3.63, 3.8) is 0 Å². The molecule has 6 nitrogen and oxygen atoms in total. The third-order valence-corrected chi connectivity index (χ3v) is 4.09. The highest BCUT2D eigenvalue weighted by atomic mass is 32.2. The van der Waals surface area contributed by atoms with Gasteiger partial charge in [-0.3, -0.25) is 4.79 Å². The highest BCUT2D eigenvalue weighted by Gasteiger charge is 2.11. The lowest BCUT2D eigenvalue weighted by Gasteiger charge is -2.10. The van der Waals surface area contributed by atoms with Crippen LogP contribution in [-0.2, 0) is 15.6 Å². The first-order chi connectivity index (χ1) is 11.6. The minimum atomic E-state index is -3.35. The van der Waals surface area contributed by atoms with Gasteiger partial charge >= 0.3 is 6.03 Å². The van der Waals surface area contributed by atoms with Crippen LogP contribution in [0.15, 0.2) is 42.5 Å². The SMILES string of the molecule is CC(=O)c1cccc(NC(=O)Nc2ccc(CS(C)(=O)=O)c(F)c2)c1. The second kappa shape index (κ2) is 7.43. The van der Waals surface area contributed by atoms with Gasteiger partial charge in [0.15, 0.2) is 15.6 Å². The van der Waals surface area contributed by atoms with Crippen molar-refractivity contribution in [2.24, 2.45) is 0 Å².